The third kappa shape index (κ3) is 0.924. The molecule has 0 atom stereocenters. The summed E-state index contributed by atoms with van der Waals surface area (Å²) in [4.78, 5) is 10.5. The molecule has 0 aliphatic heterocycles. The summed E-state index contributed by atoms with van der Waals surface area (Å²) in [5.74, 6) is 0. The quantitative estimate of drug-likeness (QED) is 0.472. The summed E-state index contributed by atoms with van der Waals surface area (Å²) >= 11 is 0. The van der Waals surface area contributed by atoms with E-state index in [2.05, 4.69) is 10.2 Å². The Kier molecular flexibility index (Phi) is 1.47. The van der Waals surface area contributed by atoms with Gasteiger partial charge >= 0.3 is 0 Å². The van der Waals surface area contributed by atoms with E-state index in [1.165, 1.54) is 0 Å². The van der Waals surface area contributed by atoms with E-state index in [-0.39, 0.29) is 0 Å². The van der Waals surface area contributed by atoms with Crippen molar-refractivity contribution >= 4 is 30.5 Å². The van der Waals surface area contributed by atoms with E-state index < -0.39 is 0 Å². The SMILES string of the molecule is [B]c1ccc2c(C=O)[nH]nc2c1. The number of nitrogens with zero attached hydrogens (tertiary/aromatic N) is 1. The minimum Gasteiger partial charge on any atom is -0.296 e. The van der Waals surface area contributed by atoms with Crippen molar-refractivity contribution in [2.75, 3.05) is 0 Å². The molecule has 0 bridgehead atoms. The number of hydrogen-bond donors (Lipinski definition) is 1. The smallest absolute Gasteiger partial charge is 0.168 e. The second kappa shape index (κ2) is 2.48. The summed E-state index contributed by atoms with van der Waals surface area (Å²) in [6.45, 7) is 0. The molecule has 2 rings (SSSR count). The highest BCUT2D eigenvalue weighted by atomic mass is 16.1. The first-order chi connectivity index (χ1) is 5.81. The lowest BCUT2D eigenvalue weighted by molar-refractivity contribution is 0.112. The minimum atomic E-state index is 0.491. The lowest BCUT2D eigenvalue weighted by Crippen LogP contribution is -1.99. The monoisotopic (exact) mass is 156 g/mol. The normalized spacial score (nSPS) is 10.3. The molecule has 1 heterocycles. The Morgan fingerprint density at radius 1 is 1.50 bits per heavy atom. The Bertz CT molecular complexity index is 436. The Morgan fingerprint density at radius 2 is 2.33 bits per heavy atom. The third-order valence-electron chi connectivity index (χ3n) is 1.73. The Balaban J connectivity index is 2.81. The van der Waals surface area contributed by atoms with Crippen molar-refractivity contribution in [1.82, 2.24) is 10.2 Å². The van der Waals surface area contributed by atoms with Crippen LogP contribution in [0.5, 0.6) is 0 Å². The van der Waals surface area contributed by atoms with E-state index in [1.807, 2.05) is 0 Å². The van der Waals surface area contributed by atoms with Crippen LogP contribution in [-0.4, -0.2) is 24.3 Å². The van der Waals surface area contributed by atoms with Crippen LogP contribution >= 0.6 is 0 Å². The Morgan fingerprint density at radius 3 is 3.08 bits per heavy atom. The number of fused-ring (bicyclic) bond motifs is 1. The van der Waals surface area contributed by atoms with Gasteiger partial charge in [0.15, 0.2) is 6.29 Å². The van der Waals surface area contributed by atoms with Crippen LogP contribution in [0.3, 0.4) is 0 Å². The van der Waals surface area contributed by atoms with Crippen LogP contribution in [0.4, 0.5) is 0 Å². The van der Waals surface area contributed by atoms with E-state index in [1.54, 1.807) is 18.2 Å². The van der Waals surface area contributed by atoms with Crippen LogP contribution in [0.15, 0.2) is 18.2 Å². The van der Waals surface area contributed by atoms with Crippen molar-refractivity contribution in [3.63, 3.8) is 0 Å². The molecule has 2 aromatic rings. The predicted molar refractivity (Wildman–Crippen MR) is 46.9 cm³/mol. The lowest BCUT2D eigenvalue weighted by Gasteiger charge is -1.90. The van der Waals surface area contributed by atoms with Gasteiger partial charge in [0.05, 0.1) is 5.52 Å². The van der Waals surface area contributed by atoms with Crippen LogP contribution in [-0.2, 0) is 0 Å². The molecule has 0 aliphatic rings. The second-order valence-electron chi connectivity index (χ2n) is 2.53. The van der Waals surface area contributed by atoms with E-state index in [0.29, 0.717) is 11.2 Å². The van der Waals surface area contributed by atoms with Gasteiger partial charge in [0, 0.05) is 5.39 Å². The minimum absolute atomic E-state index is 0.491. The molecule has 4 heteroatoms. The summed E-state index contributed by atoms with van der Waals surface area (Å²) < 4.78 is 0. The number of benzene rings is 1. The summed E-state index contributed by atoms with van der Waals surface area (Å²) in [5.41, 5.74) is 1.86. The van der Waals surface area contributed by atoms with Gasteiger partial charge in [-0.05, 0) is 6.07 Å². The van der Waals surface area contributed by atoms with Crippen molar-refractivity contribution in [2.45, 2.75) is 0 Å². The average Bonchev–Trinajstić information content (AvgIpc) is 2.46. The van der Waals surface area contributed by atoms with Crippen molar-refractivity contribution in [3.8, 4) is 0 Å². The first-order valence-corrected chi connectivity index (χ1v) is 3.50. The zero-order valence-corrected chi connectivity index (χ0v) is 6.24. The number of aromatic nitrogens is 2. The van der Waals surface area contributed by atoms with Crippen LogP contribution in [0, 0.1) is 0 Å². The van der Waals surface area contributed by atoms with Gasteiger partial charge in [0.1, 0.15) is 13.5 Å². The standard InChI is InChI=1S/C8H5BN2O/c9-5-1-2-6-7(3-5)10-11-8(6)4-12/h1-4H,(H,10,11). The molecule has 0 spiro atoms. The highest BCUT2D eigenvalue weighted by Gasteiger charge is 2.02. The molecular formula is C8H5BN2O. The molecule has 0 amide bonds. The fourth-order valence-corrected chi connectivity index (χ4v) is 1.14. The first kappa shape index (κ1) is 7.09. The number of rotatable bonds is 1. The number of carbonyl (C=O) groups is 1. The molecule has 3 nitrogen and oxygen atoms in total. The number of carbonyl (C=O) groups excluding carboxylic acids is 1. The molecule has 0 fully saturated rings. The van der Waals surface area contributed by atoms with Gasteiger partial charge < -0.3 is 0 Å². The van der Waals surface area contributed by atoms with Gasteiger partial charge in [-0.2, -0.15) is 5.10 Å². The van der Waals surface area contributed by atoms with Crippen LogP contribution in [0.2, 0.25) is 0 Å². The molecule has 0 aliphatic carbocycles. The maximum Gasteiger partial charge on any atom is 0.168 e. The highest BCUT2D eigenvalue weighted by molar-refractivity contribution is 6.33. The predicted octanol–water partition coefficient (Wildman–Crippen LogP) is 0.169. The number of H-pyrrole nitrogens is 1. The maximum absolute atomic E-state index is 10.5. The molecule has 1 N–H and O–H groups in total. The molecule has 0 saturated heterocycles. The summed E-state index contributed by atoms with van der Waals surface area (Å²) in [7, 11) is 5.53. The van der Waals surface area contributed by atoms with Crippen molar-refractivity contribution in [3.05, 3.63) is 23.9 Å². The Labute approximate surface area is 70.2 Å². The van der Waals surface area contributed by atoms with Crippen molar-refractivity contribution in [2.24, 2.45) is 0 Å². The molecule has 1 aromatic heterocycles. The highest BCUT2D eigenvalue weighted by Crippen LogP contribution is 2.11. The maximum atomic E-state index is 10.5. The van der Waals surface area contributed by atoms with Gasteiger partial charge in [-0.25, -0.2) is 0 Å². The molecule has 2 radical (unpaired) electrons. The van der Waals surface area contributed by atoms with Gasteiger partial charge in [-0.1, -0.05) is 17.6 Å². The zero-order chi connectivity index (χ0) is 8.55. The molecule has 0 unspecified atom stereocenters. The van der Waals surface area contributed by atoms with Gasteiger partial charge in [0.25, 0.3) is 0 Å². The molecular weight excluding hydrogens is 151 g/mol. The summed E-state index contributed by atoms with van der Waals surface area (Å²) in [6.07, 6.45) is 0.742. The zero-order valence-electron chi connectivity index (χ0n) is 6.24. The number of aldehydes is 1. The molecule has 12 heavy (non-hydrogen) atoms. The fourth-order valence-electron chi connectivity index (χ4n) is 1.14. The van der Waals surface area contributed by atoms with E-state index >= 15 is 0 Å². The van der Waals surface area contributed by atoms with Crippen LogP contribution < -0.4 is 5.46 Å². The van der Waals surface area contributed by atoms with E-state index in [4.69, 9.17) is 7.85 Å². The average molecular weight is 156 g/mol. The summed E-state index contributed by atoms with van der Waals surface area (Å²) in [5, 5.41) is 7.34. The van der Waals surface area contributed by atoms with Crippen LogP contribution in [0.25, 0.3) is 10.9 Å². The molecule has 1 aromatic carbocycles. The number of aromatic amines is 1. The largest absolute Gasteiger partial charge is 0.296 e. The van der Waals surface area contributed by atoms with Crippen molar-refractivity contribution < 1.29 is 4.79 Å². The second-order valence-corrected chi connectivity index (χ2v) is 2.53. The number of hydrogen-bond acceptors (Lipinski definition) is 2. The Hall–Kier alpha value is -1.58. The fraction of sp³-hybridized carbons (Fsp3) is 0. The third-order valence-corrected chi connectivity index (χ3v) is 1.73. The lowest BCUT2D eigenvalue weighted by atomic mass is 9.95. The van der Waals surface area contributed by atoms with Gasteiger partial charge in [0.2, 0.25) is 0 Å². The van der Waals surface area contributed by atoms with E-state index in [0.717, 1.165) is 17.2 Å². The van der Waals surface area contributed by atoms with Crippen LogP contribution in [0.1, 0.15) is 10.5 Å². The van der Waals surface area contributed by atoms with Gasteiger partial charge in [-0.15, -0.1) is 0 Å². The molecule has 0 saturated carbocycles. The molecule has 56 valence electrons. The first-order valence-electron chi connectivity index (χ1n) is 3.50. The number of nitrogens with one attached hydrogen (secondary N) is 1. The van der Waals surface area contributed by atoms with Gasteiger partial charge in [-0.3, -0.25) is 9.89 Å². The summed E-state index contributed by atoms with van der Waals surface area (Å²) in [6, 6.07) is 5.24. The van der Waals surface area contributed by atoms with Crippen molar-refractivity contribution in [1.29, 1.82) is 0 Å². The van der Waals surface area contributed by atoms with E-state index in [9.17, 15) is 4.79 Å². The topological polar surface area (TPSA) is 45.8 Å².